The zero-order valence-electron chi connectivity index (χ0n) is 9.76. The molecule has 0 aliphatic carbocycles. The lowest BCUT2D eigenvalue weighted by atomic mass is 9.85. The van der Waals surface area contributed by atoms with Crippen LogP contribution in [0, 0.1) is 11.6 Å². The van der Waals surface area contributed by atoms with Gasteiger partial charge in [-0.3, -0.25) is 0 Å². The van der Waals surface area contributed by atoms with Crippen LogP contribution in [0.25, 0.3) is 0 Å². The summed E-state index contributed by atoms with van der Waals surface area (Å²) in [4.78, 5) is 0. The Balaban J connectivity index is 3.14. The number of hydrogen-bond acceptors (Lipinski definition) is 1. The smallest absolute Gasteiger partial charge is 0.129 e. The van der Waals surface area contributed by atoms with Crippen molar-refractivity contribution in [3.05, 3.63) is 35.4 Å². The van der Waals surface area contributed by atoms with Crippen LogP contribution in [0.2, 0.25) is 0 Å². The van der Waals surface area contributed by atoms with Crippen molar-refractivity contribution in [3.8, 4) is 0 Å². The second-order valence-electron chi connectivity index (χ2n) is 4.16. The molecule has 1 aromatic rings. The third-order valence-corrected chi connectivity index (χ3v) is 2.76. The van der Waals surface area contributed by atoms with Gasteiger partial charge in [0.05, 0.1) is 5.60 Å². The first-order chi connectivity index (χ1) is 7.53. The number of hydrogen-bond donors (Lipinski definition) is 1. The van der Waals surface area contributed by atoms with Crippen LogP contribution < -0.4 is 0 Å². The highest BCUT2D eigenvalue weighted by Crippen LogP contribution is 2.33. The van der Waals surface area contributed by atoms with Gasteiger partial charge in [-0.2, -0.15) is 0 Å². The largest absolute Gasteiger partial charge is 0.385 e. The van der Waals surface area contributed by atoms with Crippen molar-refractivity contribution < 1.29 is 13.9 Å². The SMILES string of the molecule is CCCC(O)(CCC)c1cc(F)ccc1F. The Morgan fingerprint density at radius 3 is 2.19 bits per heavy atom. The lowest BCUT2D eigenvalue weighted by Gasteiger charge is -2.28. The average Bonchev–Trinajstić information content (AvgIpc) is 2.22. The molecule has 0 aliphatic rings. The van der Waals surface area contributed by atoms with Gasteiger partial charge in [-0.05, 0) is 31.0 Å². The van der Waals surface area contributed by atoms with E-state index in [9.17, 15) is 13.9 Å². The molecular formula is C13H18F2O. The van der Waals surface area contributed by atoms with Gasteiger partial charge in [0.1, 0.15) is 11.6 Å². The van der Waals surface area contributed by atoms with Gasteiger partial charge in [-0.25, -0.2) is 8.78 Å². The molecule has 1 aromatic carbocycles. The molecule has 0 heterocycles. The number of halogens is 2. The average molecular weight is 228 g/mol. The molecule has 0 fully saturated rings. The molecule has 0 unspecified atom stereocenters. The van der Waals surface area contributed by atoms with Crippen molar-refractivity contribution in [1.82, 2.24) is 0 Å². The second kappa shape index (κ2) is 5.39. The molecule has 3 heteroatoms. The third kappa shape index (κ3) is 2.79. The maximum atomic E-state index is 13.6. The Bertz CT molecular complexity index is 344. The van der Waals surface area contributed by atoms with E-state index in [0.717, 1.165) is 31.0 Å². The number of rotatable bonds is 5. The molecule has 1 N–H and O–H groups in total. The van der Waals surface area contributed by atoms with E-state index in [1.165, 1.54) is 0 Å². The number of benzene rings is 1. The molecule has 90 valence electrons. The molecule has 16 heavy (non-hydrogen) atoms. The van der Waals surface area contributed by atoms with E-state index in [-0.39, 0.29) is 5.56 Å². The lowest BCUT2D eigenvalue weighted by Crippen LogP contribution is -2.26. The minimum Gasteiger partial charge on any atom is -0.385 e. The maximum absolute atomic E-state index is 13.6. The highest BCUT2D eigenvalue weighted by Gasteiger charge is 2.30. The molecule has 1 rings (SSSR count). The molecule has 0 spiro atoms. The molecule has 0 atom stereocenters. The van der Waals surface area contributed by atoms with Gasteiger partial charge in [0.15, 0.2) is 0 Å². The Labute approximate surface area is 95.1 Å². The van der Waals surface area contributed by atoms with Crippen LogP contribution in [0.3, 0.4) is 0 Å². The van der Waals surface area contributed by atoms with Gasteiger partial charge < -0.3 is 5.11 Å². The van der Waals surface area contributed by atoms with E-state index >= 15 is 0 Å². The summed E-state index contributed by atoms with van der Waals surface area (Å²) in [5, 5.41) is 10.4. The summed E-state index contributed by atoms with van der Waals surface area (Å²) < 4.78 is 26.7. The summed E-state index contributed by atoms with van der Waals surface area (Å²) >= 11 is 0. The minimum atomic E-state index is -1.24. The topological polar surface area (TPSA) is 20.2 Å². The first-order valence-corrected chi connectivity index (χ1v) is 5.71. The molecule has 0 aromatic heterocycles. The molecule has 0 bridgehead atoms. The van der Waals surface area contributed by atoms with Crippen LogP contribution in [0.1, 0.15) is 45.1 Å². The molecule has 0 saturated heterocycles. The van der Waals surface area contributed by atoms with Gasteiger partial charge in [0, 0.05) is 5.56 Å². The van der Waals surface area contributed by atoms with Crippen molar-refractivity contribution in [2.75, 3.05) is 0 Å². The second-order valence-corrected chi connectivity index (χ2v) is 4.16. The van der Waals surface area contributed by atoms with Crippen molar-refractivity contribution in [2.24, 2.45) is 0 Å². The van der Waals surface area contributed by atoms with Crippen LogP contribution in [0.15, 0.2) is 18.2 Å². The fraction of sp³-hybridized carbons (Fsp3) is 0.538. The summed E-state index contributed by atoms with van der Waals surface area (Å²) in [6.45, 7) is 3.83. The van der Waals surface area contributed by atoms with Gasteiger partial charge in [0.25, 0.3) is 0 Å². The fourth-order valence-corrected chi connectivity index (χ4v) is 2.08. The quantitative estimate of drug-likeness (QED) is 0.813. The van der Waals surface area contributed by atoms with Gasteiger partial charge in [0.2, 0.25) is 0 Å². The van der Waals surface area contributed by atoms with Gasteiger partial charge >= 0.3 is 0 Å². The van der Waals surface area contributed by atoms with E-state index in [0.29, 0.717) is 12.8 Å². The van der Waals surface area contributed by atoms with Crippen LogP contribution in [0.4, 0.5) is 8.78 Å². The van der Waals surface area contributed by atoms with E-state index in [1.54, 1.807) is 0 Å². The standard InChI is InChI=1S/C13H18F2O/c1-3-7-13(16,8-4-2)11-9-10(14)5-6-12(11)15/h5-6,9,16H,3-4,7-8H2,1-2H3. The molecule has 0 radical (unpaired) electrons. The first kappa shape index (κ1) is 13.1. The predicted molar refractivity (Wildman–Crippen MR) is 60.1 cm³/mol. The Morgan fingerprint density at radius 1 is 1.12 bits per heavy atom. The highest BCUT2D eigenvalue weighted by atomic mass is 19.1. The van der Waals surface area contributed by atoms with E-state index in [2.05, 4.69) is 0 Å². The normalized spacial score (nSPS) is 11.8. The minimum absolute atomic E-state index is 0.0798. The Hall–Kier alpha value is -0.960. The summed E-state index contributed by atoms with van der Waals surface area (Å²) in [5.41, 5.74) is -1.16. The number of aliphatic hydroxyl groups is 1. The maximum Gasteiger partial charge on any atom is 0.129 e. The third-order valence-electron chi connectivity index (χ3n) is 2.76. The summed E-state index contributed by atoms with van der Waals surface area (Å²) in [6.07, 6.45) is 2.35. The summed E-state index contributed by atoms with van der Waals surface area (Å²) in [6, 6.07) is 3.23. The zero-order chi connectivity index (χ0) is 12.2. The monoisotopic (exact) mass is 228 g/mol. The van der Waals surface area contributed by atoms with E-state index in [1.807, 2.05) is 13.8 Å². The summed E-state index contributed by atoms with van der Waals surface area (Å²) in [7, 11) is 0. The lowest BCUT2D eigenvalue weighted by molar-refractivity contribution is 0.0133. The highest BCUT2D eigenvalue weighted by molar-refractivity contribution is 5.25. The van der Waals surface area contributed by atoms with E-state index in [4.69, 9.17) is 0 Å². The van der Waals surface area contributed by atoms with Gasteiger partial charge in [-0.15, -0.1) is 0 Å². The van der Waals surface area contributed by atoms with Gasteiger partial charge in [-0.1, -0.05) is 26.7 Å². The van der Waals surface area contributed by atoms with Crippen molar-refractivity contribution >= 4 is 0 Å². The van der Waals surface area contributed by atoms with Crippen LogP contribution in [-0.4, -0.2) is 5.11 Å². The van der Waals surface area contributed by atoms with Crippen molar-refractivity contribution in [2.45, 2.75) is 45.1 Å². The molecule has 0 saturated carbocycles. The zero-order valence-corrected chi connectivity index (χ0v) is 9.76. The fourth-order valence-electron chi connectivity index (χ4n) is 2.08. The van der Waals surface area contributed by atoms with Crippen LogP contribution in [-0.2, 0) is 5.60 Å². The van der Waals surface area contributed by atoms with Crippen molar-refractivity contribution in [1.29, 1.82) is 0 Å². The van der Waals surface area contributed by atoms with Crippen LogP contribution in [0.5, 0.6) is 0 Å². The van der Waals surface area contributed by atoms with Crippen molar-refractivity contribution in [3.63, 3.8) is 0 Å². The van der Waals surface area contributed by atoms with Crippen LogP contribution >= 0.6 is 0 Å². The summed E-state index contributed by atoms with van der Waals surface area (Å²) in [5.74, 6) is -1.05. The molecule has 0 aliphatic heterocycles. The van der Waals surface area contributed by atoms with E-state index < -0.39 is 17.2 Å². The first-order valence-electron chi connectivity index (χ1n) is 5.71. The molecule has 0 amide bonds. The Morgan fingerprint density at radius 2 is 1.69 bits per heavy atom. The molecule has 1 nitrogen and oxygen atoms in total. The molecular weight excluding hydrogens is 210 g/mol. The Kier molecular flexibility index (Phi) is 4.42. The predicted octanol–water partition coefficient (Wildman–Crippen LogP) is 3.75.